The molecule has 3 nitrogen and oxygen atoms in total. The fraction of sp³-hybridized carbons (Fsp3) is 0.467. The highest BCUT2D eigenvalue weighted by Crippen LogP contribution is 2.19. The average Bonchev–Trinajstić information content (AvgIpc) is 2.48. The monoisotopic (exact) mass is 280 g/mol. The van der Waals surface area contributed by atoms with Gasteiger partial charge in [0, 0.05) is 27.4 Å². The predicted molar refractivity (Wildman–Crippen MR) is 81.1 cm³/mol. The molecule has 4 heteroatoms. The van der Waals surface area contributed by atoms with Gasteiger partial charge in [0.25, 0.3) is 0 Å². The van der Waals surface area contributed by atoms with Gasteiger partial charge in [0.2, 0.25) is 0 Å². The highest BCUT2D eigenvalue weighted by atomic mass is 28.4. The van der Waals surface area contributed by atoms with Gasteiger partial charge in [0.15, 0.2) is 0 Å². The Balaban J connectivity index is 2.44. The minimum absolute atomic E-state index is 0.854. The molecule has 0 aliphatic heterocycles. The first-order valence-electron chi connectivity index (χ1n) is 6.57. The van der Waals surface area contributed by atoms with Crippen LogP contribution in [-0.2, 0) is 19.7 Å². The number of hydrogen-bond acceptors (Lipinski definition) is 3. The quantitative estimate of drug-likeness (QED) is 0.511. The maximum absolute atomic E-state index is 5.41. The maximum atomic E-state index is 5.41. The van der Waals surface area contributed by atoms with Crippen LogP contribution in [-0.4, -0.2) is 30.1 Å². The van der Waals surface area contributed by atoms with E-state index in [0.717, 1.165) is 25.3 Å². The van der Waals surface area contributed by atoms with Crippen molar-refractivity contribution in [3.63, 3.8) is 0 Å². The summed E-state index contributed by atoms with van der Waals surface area (Å²) in [5.74, 6) is 0. The van der Waals surface area contributed by atoms with Crippen LogP contribution in [0.15, 0.2) is 30.8 Å². The van der Waals surface area contributed by atoms with Crippen LogP contribution in [0.1, 0.15) is 24.0 Å². The molecule has 0 heterocycles. The van der Waals surface area contributed by atoms with Gasteiger partial charge >= 0.3 is 8.80 Å². The first-order chi connectivity index (χ1) is 9.21. The molecule has 1 aromatic rings. The highest BCUT2D eigenvalue weighted by molar-refractivity contribution is 6.60. The molecule has 0 fully saturated rings. The molecule has 0 atom stereocenters. The molecule has 0 N–H and O–H groups in total. The summed E-state index contributed by atoms with van der Waals surface area (Å²) >= 11 is 0. The Labute approximate surface area is 117 Å². The number of aryl methyl sites for hydroxylation is 1. The largest absolute Gasteiger partial charge is 0.500 e. The van der Waals surface area contributed by atoms with Gasteiger partial charge in [-0.25, -0.2) is 0 Å². The SMILES string of the molecule is C=Cc1ccccc1CCCC[Si](OC)(OC)OC. The molecule has 106 valence electrons. The van der Waals surface area contributed by atoms with E-state index in [1.165, 1.54) is 11.1 Å². The third-order valence-electron chi connectivity index (χ3n) is 3.39. The van der Waals surface area contributed by atoms with Crippen LogP contribution in [0.3, 0.4) is 0 Å². The lowest BCUT2D eigenvalue weighted by atomic mass is 10.0. The number of rotatable bonds is 9. The Kier molecular flexibility index (Phi) is 7.01. The summed E-state index contributed by atoms with van der Waals surface area (Å²) in [6.45, 7) is 3.85. The molecule has 1 aromatic carbocycles. The zero-order valence-electron chi connectivity index (χ0n) is 12.1. The Morgan fingerprint density at radius 3 is 2.26 bits per heavy atom. The first kappa shape index (κ1) is 16.1. The van der Waals surface area contributed by atoms with E-state index in [9.17, 15) is 0 Å². The zero-order valence-corrected chi connectivity index (χ0v) is 13.1. The number of hydrogen-bond donors (Lipinski definition) is 0. The second kappa shape index (κ2) is 8.27. The molecule has 0 amide bonds. The van der Waals surface area contributed by atoms with E-state index >= 15 is 0 Å². The summed E-state index contributed by atoms with van der Waals surface area (Å²) in [5.41, 5.74) is 2.56. The van der Waals surface area contributed by atoms with Crippen molar-refractivity contribution in [2.75, 3.05) is 21.3 Å². The molecule has 0 bridgehead atoms. The molecule has 0 aromatic heterocycles. The lowest BCUT2D eigenvalue weighted by Crippen LogP contribution is -2.42. The zero-order chi connectivity index (χ0) is 14.1. The molecule has 0 spiro atoms. The summed E-state index contributed by atoms with van der Waals surface area (Å²) in [7, 11) is 2.58. The van der Waals surface area contributed by atoms with Gasteiger partial charge in [-0.15, -0.1) is 0 Å². The van der Waals surface area contributed by atoms with Crippen molar-refractivity contribution >= 4 is 14.9 Å². The molecule has 0 unspecified atom stereocenters. The van der Waals surface area contributed by atoms with Crippen molar-refractivity contribution in [1.82, 2.24) is 0 Å². The maximum Gasteiger partial charge on any atom is 0.500 e. The van der Waals surface area contributed by atoms with Crippen LogP contribution in [0.25, 0.3) is 6.08 Å². The molecular weight excluding hydrogens is 256 g/mol. The summed E-state index contributed by atoms with van der Waals surface area (Å²) in [5, 5.41) is 0. The fourth-order valence-corrected chi connectivity index (χ4v) is 3.97. The van der Waals surface area contributed by atoms with Crippen molar-refractivity contribution in [2.24, 2.45) is 0 Å². The van der Waals surface area contributed by atoms with E-state index in [-0.39, 0.29) is 0 Å². The molecule has 0 saturated carbocycles. The summed E-state index contributed by atoms with van der Waals surface area (Å²) in [6.07, 6.45) is 5.08. The van der Waals surface area contributed by atoms with Crippen molar-refractivity contribution < 1.29 is 13.3 Å². The van der Waals surface area contributed by atoms with Gasteiger partial charge in [0.05, 0.1) is 0 Å². The van der Waals surface area contributed by atoms with Gasteiger partial charge in [0.1, 0.15) is 0 Å². The van der Waals surface area contributed by atoms with Crippen molar-refractivity contribution in [2.45, 2.75) is 25.3 Å². The standard InChI is InChI=1S/C15H24O3Si/c1-5-14-10-6-7-11-15(14)12-8-9-13-19(16-2,17-3)18-4/h5-7,10-11H,1,8-9,12-13H2,2-4H3. The number of unbranched alkanes of at least 4 members (excludes halogenated alkanes) is 1. The Morgan fingerprint density at radius 2 is 1.68 bits per heavy atom. The molecule has 0 saturated heterocycles. The van der Waals surface area contributed by atoms with Crippen molar-refractivity contribution in [3.05, 3.63) is 42.0 Å². The minimum atomic E-state index is -2.40. The average molecular weight is 280 g/mol. The van der Waals surface area contributed by atoms with Crippen LogP contribution in [0, 0.1) is 0 Å². The molecule has 0 aliphatic rings. The lowest BCUT2D eigenvalue weighted by Gasteiger charge is -2.24. The van der Waals surface area contributed by atoms with Gasteiger partial charge in [-0.3, -0.25) is 0 Å². The van der Waals surface area contributed by atoms with Crippen LogP contribution in [0.4, 0.5) is 0 Å². The van der Waals surface area contributed by atoms with E-state index in [2.05, 4.69) is 24.8 Å². The Morgan fingerprint density at radius 1 is 1.05 bits per heavy atom. The van der Waals surface area contributed by atoms with E-state index in [1.807, 2.05) is 12.1 Å². The third-order valence-corrected chi connectivity index (χ3v) is 6.22. The Bertz CT molecular complexity index is 380. The van der Waals surface area contributed by atoms with Gasteiger partial charge in [-0.2, -0.15) is 0 Å². The van der Waals surface area contributed by atoms with E-state index in [1.54, 1.807) is 21.3 Å². The highest BCUT2D eigenvalue weighted by Gasteiger charge is 2.36. The summed E-state index contributed by atoms with van der Waals surface area (Å²) < 4.78 is 16.2. The smallest absolute Gasteiger partial charge is 0.377 e. The van der Waals surface area contributed by atoms with Crippen LogP contribution >= 0.6 is 0 Å². The number of benzene rings is 1. The lowest BCUT2D eigenvalue weighted by molar-refractivity contribution is 0.123. The van der Waals surface area contributed by atoms with E-state index < -0.39 is 8.80 Å². The topological polar surface area (TPSA) is 27.7 Å². The second-order valence-electron chi connectivity index (χ2n) is 4.41. The van der Waals surface area contributed by atoms with Crippen molar-refractivity contribution in [3.8, 4) is 0 Å². The van der Waals surface area contributed by atoms with Crippen LogP contribution in [0.2, 0.25) is 6.04 Å². The third kappa shape index (κ3) is 4.58. The van der Waals surface area contributed by atoms with Gasteiger partial charge in [-0.05, 0) is 30.4 Å². The Hall–Kier alpha value is -0.943. The molecule has 0 aliphatic carbocycles. The van der Waals surface area contributed by atoms with Gasteiger partial charge in [-0.1, -0.05) is 36.9 Å². The summed E-state index contributed by atoms with van der Waals surface area (Å²) in [6, 6.07) is 9.22. The predicted octanol–water partition coefficient (Wildman–Crippen LogP) is 3.53. The minimum Gasteiger partial charge on any atom is -0.377 e. The van der Waals surface area contributed by atoms with Crippen LogP contribution in [0.5, 0.6) is 0 Å². The normalized spacial score (nSPS) is 11.5. The molecular formula is C15H24O3Si. The first-order valence-corrected chi connectivity index (χ1v) is 8.50. The fourth-order valence-electron chi connectivity index (χ4n) is 2.17. The van der Waals surface area contributed by atoms with E-state index in [4.69, 9.17) is 13.3 Å². The van der Waals surface area contributed by atoms with Gasteiger partial charge < -0.3 is 13.3 Å². The molecule has 19 heavy (non-hydrogen) atoms. The van der Waals surface area contributed by atoms with Crippen molar-refractivity contribution in [1.29, 1.82) is 0 Å². The van der Waals surface area contributed by atoms with Crippen LogP contribution < -0.4 is 0 Å². The molecule has 1 rings (SSSR count). The molecule has 0 radical (unpaired) electrons. The second-order valence-corrected chi connectivity index (χ2v) is 7.50. The summed E-state index contributed by atoms with van der Waals surface area (Å²) in [4.78, 5) is 0. The van der Waals surface area contributed by atoms with E-state index in [0.29, 0.717) is 0 Å².